The number of aryl methyl sites for hydroxylation is 3. The van der Waals surface area contributed by atoms with Crippen molar-refractivity contribution in [2.24, 2.45) is 0 Å². The van der Waals surface area contributed by atoms with Gasteiger partial charge in [0.2, 0.25) is 0 Å². The smallest absolute Gasteiger partial charge is 0.138 e. The van der Waals surface area contributed by atoms with E-state index in [4.69, 9.17) is 16.0 Å². The first-order valence-corrected chi connectivity index (χ1v) is 8.18. The van der Waals surface area contributed by atoms with Gasteiger partial charge in [-0.05, 0) is 56.2 Å². The van der Waals surface area contributed by atoms with Crippen LogP contribution >= 0.6 is 11.6 Å². The topological polar surface area (TPSA) is 30.2 Å². The molecular formula is C17H15ClO2S. The van der Waals surface area contributed by atoms with Crippen LogP contribution in [0.5, 0.6) is 0 Å². The Morgan fingerprint density at radius 1 is 1.10 bits per heavy atom. The second-order valence-corrected chi connectivity index (χ2v) is 7.03. The highest BCUT2D eigenvalue weighted by Gasteiger charge is 2.20. The molecule has 2 aromatic carbocycles. The molecule has 0 fully saturated rings. The van der Waals surface area contributed by atoms with Crippen LogP contribution in [0.15, 0.2) is 50.6 Å². The maximum Gasteiger partial charge on any atom is 0.138 e. The molecule has 0 saturated heterocycles. The molecule has 0 saturated carbocycles. The molecule has 0 spiro atoms. The number of furan rings is 1. The van der Waals surface area contributed by atoms with Crippen LogP contribution in [0.25, 0.3) is 11.0 Å². The summed E-state index contributed by atoms with van der Waals surface area (Å²) < 4.78 is 18.7. The van der Waals surface area contributed by atoms with Gasteiger partial charge < -0.3 is 4.42 Å². The van der Waals surface area contributed by atoms with Crippen LogP contribution < -0.4 is 0 Å². The average Bonchev–Trinajstić information content (AvgIpc) is 2.74. The zero-order valence-corrected chi connectivity index (χ0v) is 13.6. The van der Waals surface area contributed by atoms with Gasteiger partial charge in [-0.15, -0.1) is 0 Å². The molecule has 2 nitrogen and oxygen atoms in total. The molecule has 108 valence electrons. The van der Waals surface area contributed by atoms with Crippen molar-refractivity contribution in [3.63, 3.8) is 0 Å². The summed E-state index contributed by atoms with van der Waals surface area (Å²) in [5.41, 5.74) is 3.00. The number of hydrogen-bond acceptors (Lipinski definition) is 2. The molecule has 0 unspecified atom stereocenters. The van der Waals surface area contributed by atoms with Crippen molar-refractivity contribution >= 4 is 33.4 Å². The van der Waals surface area contributed by atoms with Gasteiger partial charge in [0.05, 0.1) is 15.7 Å². The van der Waals surface area contributed by atoms with E-state index in [0.717, 1.165) is 27.0 Å². The lowest BCUT2D eigenvalue weighted by Gasteiger charge is -2.03. The van der Waals surface area contributed by atoms with Crippen molar-refractivity contribution in [2.75, 3.05) is 0 Å². The summed E-state index contributed by atoms with van der Waals surface area (Å²) in [5.74, 6) is 0.692. The van der Waals surface area contributed by atoms with Crippen LogP contribution in [0, 0.1) is 20.8 Å². The zero-order valence-electron chi connectivity index (χ0n) is 12.1. The molecular weight excluding hydrogens is 304 g/mol. The van der Waals surface area contributed by atoms with Crippen molar-refractivity contribution in [3.8, 4) is 0 Å². The predicted molar refractivity (Wildman–Crippen MR) is 86.6 cm³/mol. The van der Waals surface area contributed by atoms with E-state index in [1.165, 1.54) is 0 Å². The third-order valence-electron chi connectivity index (χ3n) is 3.43. The van der Waals surface area contributed by atoms with Crippen LogP contribution in [0.3, 0.4) is 0 Å². The minimum absolute atomic E-state index is 0.582. The first-order valence-electron chi connectivity index (χ1n) is 6.65. The molecule has 0 bridgehead atoms. The van der Waals surface area contributed by atoms with Crippen LogP contribution in [-0.4, -0.2) is 4.21 Å². The van der Waals surface area contributed by atoms with Crippen molar-refractivity contribution in [1.82, 2.24) is 0 Å². The second kappa shape index (κ2) is 5.32. The Balaban J connectivity index is 2.25. The summed E-state index contributed by atoms with van der Waals surface area (Å²) in [6.45, 7) is 5.89. The lowest BCUT2D eigenvalue weighted by molar-refractivity contribution is 0.564. The van der Waals surface area contributed by atoms with Crippen molar-refractivity contribution in [3.05, 3.63) is 58.3 Å². The maximum absolute atomic E-state index is 12.9. The highest BCUT2D eigenvalue weighted by Crippen LogP contribution is 2.34. The average molecular weight is 319 g/mol. The quantitative estimate of drug-likeness (QED) is 0.652. The van der Waals surface area contributed by atoms with Gasteiger partial charge in [-0.2, -0.15) is 0 Å². The van der Waals surface area contributed by atoms with Gasteiger partial charge in [0.15, 0.2) is 0 Å². The summed E-state index contributed by atoms with van der Waals surface area (Å²) in [6, 6.07) is 11.2. The molecule has 0 aliphatic carbocycles. The van der Waals surface area contributed by atoms with E-state index < -0.39 is 10.8 Å². The van der Waals surface area contributed by atoms with Gasteiger partial charge in [-0.1, -0.05) is 23.7 Å². The van der Waals surface area contributed by atoms with Crippen LogP contribution in [0.4, 0.5) is 0 Å². The van der Waals surface area contributed by atoms with E-state index in [1.54, 1.807) is 12.1 Å². The number of rotatable bonds is 2. The first kappa shape index (κ1) is 14.4. The number of hydrogen-bond donors (Lipinski definition) is 0. The van der Waals surface area contributed by atoms with Gasteiger partial charge >= 0.3 is 0 Å². The summed E-state index contributed by atoms with van der Waals surface area (Å²) >= 11 is 6.00. The Kier molecular flexibility index (Phi) is 3.64. The van der Waals surface area contributed by atoms with E-state index in [-0.39, 0.29) is 0 Å². The lowest BCUT2D eigenvalue weighted by atomic mass is 10.1. The normalized spacial score (nSPS) is 12.8. The fraction of sp³-hybridized carbons (Fsp3) is 0.176. The van der Waals surface area contributed by atoms with E-state index >= 15 is 0 Å². The fourth-order valence-corrected chi connectivity index (χ4v) is 4.16. The van der Waals surface area contributed by atoms with Gasteiger partial charge in [-0.25, -0.2) is 4.21 Å². The van der Waals surface area contributed by atoms with Crippen molar-refractivity contribution in [1.29, 1.82) is 0 Å². The molecule has 0 aliphatic rings. The van der Waals surface area contributed by atoms with E-state index in [2.05, 4.69) is 6.07 Å². The molecule has 1 aromatic heterocycles. The van der Waals surface area contributed by atoms with Crippen LogP contribution in [0.2, 0.25) is 5.02 Å². The summed E-state index contributed by atoms with van der Waals surface area (Å²) in [5, 5.41) is 1.50. The molecule has 1 atom stereocenters. The highest BCUT2D eigenvalue weighted by molar-refractivity contribution is 7.85. The fourth-order valence-electron chi connectivity index (χ4n) is 2.58. The maximum atomic E-state index is 12.9. The number of halogens is 1. The van der Waals surface area contributed by atoms with Crippen LogP contribution in [0.1, 0.15) is 16.9 Å². The largest absolute Gasteiger partial charge is 0.460 e. The van der Waals surface area contributed by atoms with E-state index in [1.807, 2.05) is 39.0 Å². The Hall–Kier alpha value is -1.58. The zero-order chi connectivity index (χ0) is 15.1. The van der Waals surface area contributed by atoms with Crippen molar-refractivity contribution < 1.29 is 8.63 Å². The summed E-state index contributed by atoms with van der Waals surface area (Å²) in [6.07, 6.45) is 0. The van der Waals surface area contributed by atoms with Crippen molar-refractivity contribution in [2.45, 2.75) is 30.6 Å². The van der Waals surface area contributed by atoms with Gasteiger partial charge in [0.1, 0.15) is 11.3 Å². The second-order valence-electron chi connectivity index (χ2n) is 5.17. The summed E-state index contributed by atoms with van der Waals surface area (Å²) in [7, 11) is -1.31. The minimum Gasteiger partial charge on any atom is -0.460 e. The summed E-state index contributed by atoms with van der Waals surface area (Å²) in [4.78, 5) is 1.42. The molecule has 21 heavy (non-hydrogen) atoms. The number of benzene rings is 2. The van der Waals surface area contributed by atoms with Crippen LogP contribution in [-0.2, 0) is 10.8 Å². The molecule has 0 N–H and O–H groups in total. The molecule has 0 radical (unpaired) electrons. The molecule has 4 heteroatoms. The third kappa shape index (κ3) is 2.52. The molecule has 1 heterocycles. The van der Waals surface area contributed by atoms with E-state index in [0.29, 0.717) is 15.7 Å². The molecule has 0 amide bonds. The SMILES string of the molecule is Cc1cc(C)c2oc(C)c([S@](=O)c3cccc(Cl)c3)c2c1. The molecule has 0 aliphatic heterocycles. The Morgan fingerprint density at radius 3 is 2.57 bits per heavy atom. The standard InChI is InChI=1S/C17H15ClO2S/c1-10-7-11(2)16-15(8-10)17(12(3)20-16)21(19)14-6-4-5-13(18)9-14/h4-9H,1-3H3/t21-/m1/s1. The Bertz CT molecular complexity index is 865. The van der Waals surface area contributed by atoms with Gasteiger partial charge in [0.25, 0.3) is 0 Å². The minimum atomic E-state index is -1.31. The third-order valence-corrected chi connectivity index (χ3v) is 5.23. The monoisotopic (exact) mass is 318 g/mol. The predicted octanol–water partition coefficient (Wildman–Crippen LogP) is 5.18. The lowest BCUT2D eigenvalue weighted by Crippen LogP contribution is -1.94. The van der Waals surface area contributed by atoms with E-state index in [9.17, 15) is 4.21 Å². The molecule has 3 aromatic rings. The Morgan fingerprint density at radius 2 is 1.86 bits per heavy atom. The number of fused-ring (bicyclic) bond motifs is 1. The van der Waals surface area contributed by atoms with Gasteiger partial charge in [-0.3, -0.25) is 0 Å². The first-order chi connectivity index (χ1) is 9.97. The molecule has 3 rings (SSSR count). The Labute approximate surface area is 131 Å². The van der Waals surface area contributed by atoms with Gasteiger partial charge in [0, 0.05) is 15.3 Å². The highest BCUT2D eigenvalue weighted by atomic mass is 35.5.